The minimum atomic E-state index is -1.25. The number of benzene rings is 2. The van der Waals surface area contributed by atoms with Gasteiger partial charge in [-0.05, 0) is 44.5 Å². The summed E-state index contributed by atoms with van der Waals surface area (Å²) < 4.78 is 34.5. The van der Waals surface area contributed by atoms with Crippen LogP contribution in [0, 0.1) is 25.5 Å². The van der Waals surface area contributed by atoms with E-state index in [1.54, 1.807) is 32.3 Å². The Morgan fingerprint density at radius 3 is 2.59 bits per heavy atom. The van der Waals surface area contributed by atoms with Gasteiger partial charge in [0.15, 0.2) is 22.9 Å². The summed E-state index contributed by atoms with van der Waals surface area (Å²) in [5, 5.41) is 15.3. The fourth-order valence-corrected chi connectivity index (χ4v) is 3.86. The Morgan fingerprint density at radius 2 is 1.91 bits per heavy atom. The van der Waals surface area contributed by atoms with Gasteiger partial charge in [0, 0.05) is 29.2 Å². The van der Waals surface area contributed by atoms with E-state index in [-0.39, 0.29) is 11.1 Å². The maximum absolute atomic E-state index is 14.4. The van der Waals surface area contributed by atoms with Gasteiger partial charge in [-0.15, -0.1) is 0 Å². The summed E-state index contributed by atoms with van der Waals surface area (Å²) in [5.74, 6) is -2.65. The zero-order chi connectivity index (χ0) is 24.6. The maximum atomic E-state index is 14.4. The molecule has 0 amide bonds. The molecule has 4 rings (SSSR count). The van der Waals surface area contributed by atoms with Crippen LogP contribution in [-0.4, -0.2) is 21.0 Å². The van der Waals surface area contributed by atoms with E-state index in [1.165, 1.54) is 12.4 Å². The number of rotatable bonds is 5. The molecule has 2 aromatic heterocycles. The van der Waals surface area contributed by atoms with E-state index in [9.17, 15) is 13.6 Å². The molecule has 0 fully saturated rings. The topological polar surface area (TPSA) is 127 Å². The first-order valence-electron chi connectivity index (χ1n) is 10.3. The number of nitrogens with zero attached hydrogens (tertiary/aromatic N) is 3. The molecule has 0 aliphatic heterocycles. The van der Waals surface area contributed by atoms with Crippen molar-refractivity contribution in [2.45, 2.75) is 26.8 Å². The normalized spacial score (nSPS) is 12.7. The second kappa shape index (κ2) is 8.89. The Morgan fingerprint density at radius 1 is 1.21 bits per heavy atom. The molecule has 2 aromatic carbocycles. The Labute approximate surface area is 192 Å². The minimum absolute atomic E-state index is 0.0995. The van der Waals surface area contributed by atoms with Gasteiger partial charge in [0.05, 0.1) is 22.6 Å². The van der Waals surface area contributed by atoms with Crippen LogP contribution in [0.4, 0.5) is 14.5 Å². The molecule has 34 heavy (non-hydrogen) atoms. The molecular weight excluding hydrogens is 444 g/mol. The molecule has 174 valence electrons. The maximum Gasteiger partial charge on any atom is 0.196 e. The van der Waals surface area contributed by atoms with E-state index in [0.717, 1.165) is 11.6 Å². The van der Waals surface area contributed by atoms with E-state index < -0.39 is 29.1 Å². The highest BCUT2D eigenvalue weighted by atomic mass is 19.2. The molecule has 8 nitrogen and oxygen atoms in total. The predicted octanol–water partition coefficient (Wildman–Crippen LogP) is 4.41. The van der Waals surface area contributed by atoms with Crippen molar-refractivity contribution < 1.29 is 18.4 Å². The summed E-state index contributed by atoms with van der Waals surface area (Å²) in [5.41, 5.74) is 7.76. The molecule has 4 aromatic rings. The fraction of sp³-hybridized carbons (Fsp3) is 0.167. The lowest BCUT2D eigenvalue weighted by molar-refractivity contribution is 0.318. The van der Waals surface area contributed by atoms with Crippen LogP contribution in [0.3, 0.4) is 0 Å². The zero-order valence-electron chi connectivity index (χ0n) is 18.6. The summed E-state index contributed by atoms with van der Waals surface area (Å²) in [7, 11) is 0. The summed E-state index contributed by atoms with van der Waals surface area (Å²) in [6.45, 7) is 5.27. The van der Waals surface area contributed by atoms with Crippen molar-refractivity contribution >= 4 is 22.5 Å². The van der Waals surface area contributed by atoms with Crippen molar-refractivity contribution in [3.05, 3.63) is 87.1 Å². The standard InChI is InChI=1S/C24H21F2N5O3/c1-11-6-15(13(3)30-18-5-4-17(25)20(26)19(18)24(27)31-33)23-16(7-11)21(32)12(2)22(34-23)14-8-28-10-29-9-14/h4-10,13,30,33H,1-3H3,(H2,27,31). The van der Waals surface area contributed by atoms with Gasteiger partial charge >= 0.3 is 0 Å². The molecule has 0 aliphatic carbocycles. The Kier molecular flexibility index (Phi) is 5.97. The van der Waals surface area contributed by atoms with Crippen LogP contribution in [0.1, 0.15) is 35.2 Å². The van der Waals surface area contributed by atoms with Gasteiger partial charge in [0.1, 0.15) is 17.7 Å². The van der Waals surface area contributed by atoms with Crippen molar-refractivity contribution in [1.29, 1.82) is 0 Å². The number of fused-ring (bicyclic) bond motifs is 1. The van der Waals surface area contributed by atoms with Crippen molar-refractivity contribution in [2.75, 3.05) is 5.32 Å². The van der Waals surface area contributed by atoms with Crippen molar-refractivity contribution in [1.82, 2.24) is 9.97 Å². The van der Waals surface area contributed by atoms with Gasteiger partial charge in [-0.2, -0.15) is 0 Å². The highest BCUT2D eigenvalue weighted by Gasteiger charge is 2.22. The van der Waals surface area contributed by atoms with Crippen LogP contribution >= 0.6 is 0 Å². The van der Waals surface area contributed by atoms with Crippen LogP contribution < -0.4 is 16.5 Å². The number of hydrogen-bond donors (Lipinski definition) is 3. The first kappa shape index (κ1) is 22.8. The number of nitrogens with two attached hydrogens (primary N) is 1. The number of halogens is 2. The molecule has 0 spiro atoms. The number of nitrogens with one attached hydrogen (secondary N) is 1. The SMILES string of the molecule is Cc1cc(C(C)Nc2ccc(F)c(F)c2/C(N)=N/O)c2oc(-c3cncnc3)c(C)c(=O)c2c1. The van der Waals surface area contributed by atoms with Gasteiger partial charge in [-0.25, -0.2) is 18.7 Å². The molecule has 0 radical (unpaired) electrons. The smallest absolute Gasteiger partial charge is 0.196 e. The predicted molar refractivity (Wildman–Crippen MR) is 124 cm³/mol. The number of oxime groups is 1. The zero-order valence-corrected chi connectivity index (χ0v) is 18.6. The van der Waals surface area contributed by atoms with E-state index in [1.807, 2.05) is 13.0 Å². The number of hydrogen-bond acceptors (Lipinski definition) is 7. The molecule has 4 N–H and O–H groups in total. The van der Waals surface area contributed by atoms with Gasteiger partial charge in [0.25, 0.3) is 0 Å². The Balaban J connectivity index is 1.90. The average molecular weight is 465 g/mol. The Bertz CT molecular complexity index is 1490. The first-order chi connectivity index (χ1) is 16.2. The lowest BCUT2D eigenvalue weighted by Crippen LogP contribution is -2.20. The number of anilines is 1. The van der Waals surface area contributed by atoms with Crippen LogP contribution in [0.15, 0.2) is 57.4 Å². The third kappa shape index (κ3) is 3.94. The lowest BCUT2D eigenvalue weighted by Gasteiger charge is -2.20. The third-order valence-corrected chi connectivity index (χ3v) is 5.51. The largest absolute Gasteiger partial charge is 0.455 e. The average Bonchev–Trinajstić information content (AvgIpc) is 2.83. The van der Waals surface area contributed by atoms with E-state index in [2.05, 4.69) is 20.4 Å². The van der Waals surface area contributed by atoms with Crippen molar-refractivity contribution in [3.8, 4) is 11.3 Å². The molecule has 0 bridgehead atoms. The summed E-state index contributed by atoms with van der Waals surface area (Å²) >= 11 is 0. The van der Waals surface area contributed by atoms with Gasteiger partial charge < -0.3 is 20.7 Å². The van der Waals surface area contributed by atoms with E-state index in [0.29, 0.717) is 33.4 Å². The highest BCUT2D eigenvalue weighted by Crippen LogP contribution is 2.33. The first-order valence-corrected chi connectivity index (χ1v) is 10.3. The molecule has 2 heterocycles. The Hall–Kier alpha value is -4.34. The molecule has 10 heteroatoms. The van der Waals surface area contributed by atoms with Crippen LogP contribution in [0.25, 0.3) is 22.3 Å². The summed E-state index contributed by atoms with van der Waals surface area (Å²) in [6, 6.07) is 5.22. The second-order valence-corrected chi connectivity index (χ2v) is 7.88. The van der Waals surface area contributed by atoms with Crippen molar-refractivity contribution in [3.63, 3.8) is 0 Å². The number of aromatic nitrogens is 2. The van der Waals surface area contributed by atoms with Gasteiger partial charge in [-0.1, -0.05) is 11.2 Å². The second-order valence-electron chi connectivity index (χ2n) is 7.88. The monoisotopic (exact) mass is 465 g/mol. The van der Waals surface area contributed by atoms with Gasteiger partial charge in [0.2, 0.25) is 0 Å². The number of aryl methyl sites for hydroxylation is 1. The molecule has 0 aliphatic rings. The molecule has 1 unspecified atom stereocenters. The lowest BCUT2D eigenvalue weighted by atomic mass is 9.99. The fourth-order valence-electron chi connectivity index (χ4n) is 3.86. The summed E-state index contributed by atoms with van der Waals surface area (Å²) in [6.07, 6.45) is 4.47. The molecule has 0 saturated heterocycles. The molecular formula is C24H21F2N5O3. The molecule has 1 atom stereocenters. The van der Waals surface area contributed by atoms with Crippen LogP contribution in [0.2, 0.25) is 0 Å². The van der Waals surface area contributed by atoms with Crippen molar-refractivity contribution in [2.24, 2.45) is 10.9 Å². The van der Waals surface area contributed by atoms with Crippen LogP contribution in [-0.2, 0) is 0 Å². The molecule has 0 saturated carbocycles. The van der Waals surface area contributed by atoms with Gasteiger partial charge in [-0.3, -0.25) is 4.79 Å². The third-order valence-electron chi connectivity index (χ3n) is 5.51. The minimum Gasteiger partial charge on any atom is -0.455 e. The number of amidine groups is 1. The van der Waals surface area contributed by atoms with Crippen LogP contribution in [0.5, 0.6) is 0 Å². The van der Waals surface area contributed by atoms with E-state index >= 15 is 0 Å². The highest BCUT2D eigenvalue weighted by molar-refractivity contribution is 6.02. The quantitative estimate of drug-likeness (QED) is 0.172. The summed E-state index contributed by atoms with van der Waals surface area (Å²) in [4.78, 5) is 21.2. The van der Waals surface area contributed by atoms with E-state index in [4.69, 9.17) is 15.4 Å².